The molecule has 0 radical (unpaired) electrons. The molecule has 642 valence electrons. The van der Waals surface area contributed by atoms with E-state index < -0.39 is 64.6 Å². The van der Waals surface area contributed by atoms with Crippen LogP contribution in [0.5, 0.6) is 0 Å². The average molecular weight is 1750 g/mol. The fourth-order valence-electron chi connectivity index (χ4n) is 23.3. The fourth-order valence-corrected chi connectivity index (χ4v) is 23.3. The van der Waals surface area contributed by atoms with Crippen LogP contribution < -0.4 is 26.2 Å². The molecule has 0 bridgehead atoms. The highest BCUT2D eigenvalue weighted by Crippen LogP contribution is 2.61. The Balaban J connectivity index is 0.809. The number of rotatable bonds is 12. The average Bonchev–Trinajstić information content (AvgIpc) is 0.904. The summed E-state index contributed by atoms with van der Waals surface area (Å²) < 4.78 is 146. The van der Waals surface area contributed by atoms with Gasteiger partial charge in [0.05, 0.1) is 74.5 Å². The van der Waals surface area contributed by atoms with Crippen LogP contribution in [0.25, 0.3) is 138 Å². The molecule has 0 N–H and O–H groups in total. The number of para-hydroxylation sites is 6. The number of aromatic nitrogens is 3. The number of fused-ring (bicyclic) bond motifs is 19. The highest BCUT2D eigenvalue weighted by Gasteiger charge is 2.50. The monoisotopic (exact) mass is 1750 g/mol. The lowest BCUT2D eigenvalue weighted by Crippen LogP contribution is -2.61. The highest BCUT2D eigenvalue weighted by molar-refractivity contribution is 7.00. The molecule has 27 rings (SSSR count). The van der Waals surface area contributed by atoms with E-state index in [0.29, 0.717) is 22.7 Å². The zero-order valence-corrected chi connectivity index (χ0v) is 75.6. The molecule has 0 unspecified atom stereocenters. The van der Waals surface area contributed by atoms with E-state index in [1.54, 1.807) is 9.13 Å². The van der Waals surface area contributed by atoms with Gasteiger partial charge >= 0.3 is 0 Å². The van der Waals surface area contributed by atoms with Crippen molar-refractivity contribution in [2.45, 2.75) is 63.2 Å². The molecule has 2 aliphatic carbocycles. The van der Waals surface area contributed by atoms with Crippen molar-refractivity contribution < 1.29 is 19.2 Å². The van der Waals surface area contributed by atoms with E-state index in [1.807, 2.05) is 59.7 Å². The predicted molar refractivity (Wildman–Crippen MR) is 572 cm³/mol. The van der Waals surface area contributed by atoms with E-state index in [0.717, 1.165) is 167 Å². The van der Waals surface area contributed by atoms with Crippen molar-refractivity contribution in [3.8, 4) is 72.7 Å². The van der Waals surface area contributed by atoms with Gasteiger partial charge in [0.2, 0.25) is 0 Å². The van der Waals surface area contributed by atoms with Crippen LogP contribution in [0.15, 0.2) is 461 Å². The lowest BCUT2D eigenvalue weighted by Gasteiger charge is -2.45. The van der Waals surface area contributed by atoms with E-state index in [9.17, 15) is 19.2 Å². The van der Waals surface area contributed by atoms with E-state index in [1.165, 1.54) is 0 Å². The largest absolute Gasteiger partial charge is 0.311 e. The summed E-state index contributed by atoms with van der Waals surface area (Å²) in [6.45, 7) is 10.5. The fraction of sp³-hybridized carbons (Fsp3) is 0.0769. The molecule has 4 aliphatic rings. The van der Waals surface area contributed by atoms with Gasteiger partial charge in [-0.25, -0.2) is 0 Å². The first-order valence-electron chi connectivity index (χ1n) is 53.8. The maximum atomic E-state index is 10.5. The molecule has 0 atom stereocenters. The zero-order valence-electron chi connectivity index (χ0n) is 89.6. The summed E-state index contributed by atoms with van der Waals surface area (Å²) in [5, 5.41) is 2.34. The van der Waals surface area contributed by atoms with Crippen molar-refractivity contribution in [1.82, 2.24) is 13.7 Å². The second-order valence-corrected chi connectivity index (χ2v) is 38.6. The smallest absolute Gasteiger partial charge is 0.252 e. The molecular weight excluding hydrogens is 1640 g/mol. The van der Waals surface area contributed by atoms with Crippen LogP contribution in [0.2, 0.25) is 0 Å². The van der Waals surface area contributed by atoms with Gasteiger partial charge in [-0.3, -0.25) is 0 Å². The van der Waals surface area contributed by atoms with Crippen LogP contribution in [-0.2, 0) is 21.7 Å². The van der Waals surface area contributed by atoms with Crippen molar-refractivity contribution >= 4 is 123 Å². The second kappa shape index (κ2) is 30.0. The third-order valence-electron chi connectivity index (χ3n) is 29.2. The molecule has 0 fully saturated rings. The standard InChI is InChI=1S/C130H94BN5/c1-127(2,3)91-63-72-120-106(79-91)103-51-27-34-58-117(103)133(120)94-65-69-112-122(81-94)135(114-55-31-24-46-96(114)84-60-67-100-98-48-22-29-53-108(98)129(110(100)75-84,87-36-12-7-13-37-87)88-38-14-8-15-39-88)124-77-86(83-62-71-119-105(74-83)102-50-26-33-57-116(102)132(119)93-44-20-11-21-45-93)78-125-126(124)131(112)113-70-66-95(134-118-59-35-28-52-104(118)107-80-92(128(4,5)6)64-73-121(107)134)82-123(113)136(125)115-56-32-25-47-97(115)85-61-68-101-99-49-23-30-54-109(99)130(111(101)76-85,89-40-16-9-17-41-89)90-42-18-10-19-43-90/h7-82H,1-6H3/i27D,28D,34D,35D,51D,52D,58D,59D,63D,64D,72D,73D,79D,80D. The number of hydrogen-bond donors (Lipinski definition) is 0. The predicted octanol–water partition coefficient (Wildman–Crippen LogP) is 31.4. The maximum absolute atomic E-state index is 10.5. The van der Waals surface area contributed by atoms with Gasteiger partial charge in [-0.2, -0.15) is 0 Å². The highest BCUT2D eigenvalue weighted by atomic mass is 15.2. The molecular formula is C130H94BN5. The first-order valence-corrected chi connectivity index (χ1v) is 46.8. The first-order chi connectivity index (χ1) is 72.6. The lowest BCUT2D eigenvalue weighted by molar-refractivity contribution is 0.591. The van der Waals surface area contributed by atoms with Gasteiger partial charge in [0, 0.05) is 83.3 Å². The Kier molecular flexibility index (Phi) is 14.5. The number of benzene rings is 20. The van der Waals surface area contributed by atoms with Crippen LogP contribution in [-0.4, -0.2) is 20.4 Å². The minimum absolute atomic E-state index is 0.0265. The number of nitrogens with zero attached hydrogens (tertiary/aromatic N) is 5. The van der Waals surface area contributed by atoms with Crippen LogP contribution in [0.3, 0.4) is 0 Å². The molecule has 6 heteroatoms. The maximum Gasteiger partial charge on any atom is 0.252 e. The van der Waals surface area contributed by atoms with Crippen molar-refractivity contribution in [2.75, 3.05) is 9.80 Å². The minimum Gasteiger partial charge on any atom is -0.311 e. The van der Waals surface area contributed by atoms with Gasteiger partial charge in [-0.1, -0.05) is 375 Å². The molecule has 20 aromatic carbocycles. The van der Waals surface area contributed by atoms with E-state index in [4.69, 9.17) is 0 Å². The summed E-state index contributed by atoms with van der Waals surface area (Å²) in [5.74, 6) is 0. The third kappa shape index (κ3) is 11.5. The first kappa shape index (κ1) is 65.9. The number of hydrogen-bond acceptors (Lipinski definition) is 2. The summed E-state index contributed by atoms with van der Waals surface area (Å²) in [4.78, 5) is 4.73. The summed E-state index contributed by atoms with van der Waals surface area (Å²) in [7, 11) is 0. The second-order valence-electron chi connectivity index (χ2n) is 38.6. The van der Waals surface area contributed by atoms with Crippen LogP contribution >= 0.6 is 0 Å². The SMILES string of the molecule is [2H]c1c([2H])c([2H])c2c(c1[2H])c1c([2H])c(C(C)(C)C)c([2H])c([2H])c1n2-c1ccc2c(c1)N(c1ccccc1-c1ccc3c(c1)C(c1ccccc1)(c1ccccc1)c1ccccc1-3)c1cc(-c3ccc4c(c3)c3ccccc3n4-c3ccccc3)cc3c1B2c1ccc(-n2c4c([2H])c([2H])c([2H])c([2H])c4c4c([2H])c(C(C)(C)C)c([2H])c([2H])c42)cc1N3c1ccccc1-c1ccc2c(c1)C(c1ccccc1)(c1ccccc1)c1ccccc1-2. The van der Waals surface area contributed by atoms with Gasteiger partial charge in [0.25, 0.3) is 6.71 Å². The molecule has 0 spiro atoms. The molecule has 2 aliphatic heterocycles. The normalized spacial score (nSPS) is 15.2. The van der Waals surface area contributed by atoms with Crippen molar-refractivity contribution in [2.24, 2.45) is 0 Å². The third-order valence-corrected chi connectivity index (χ3v) is 29.2. The Morgan fingerprint density at radius 3 is 1.07 bits per heavy atom. The molecule has 3 aromatic heterocycles. The molecule has 136 heavy (non-hydrogen) atoms. The summed E-state index contributed by atoms with van der Waals surface area (Å²) in [6.07, 6.45) is 0. The van der Waals surface area contributed by atoms with Crippen LogP contribution in [0, 0.1) is 0 Å². The van der Waals surface area contributed by atoms with Gasteiger partial charge < -0.3 is 23.5 Å². The van der Waals surface area contributed by atoms with E-state index in [-0.39, 0.29) is 103 Å². The topological polar surface area (TPSA) is 21.3 Å². The van der Waals surface area contributed by atoms with Gasteiger partial charge in [0.15, 0.2) is 0 Å². The Bertz CT molecular complexity index is 9260. The summed E-state index contributed by atoms with van der Waals surface area (Å²) in [5.41, 5.74) is 25.9. The zero-order chi connectivity index (χ0) is 103. The minimum atomic E-state index is -0.876. The molecule has 5 nitrogen and oxygen atoms in total. The Morgan fingerprint density at radius 2 is 0.610 bits per heavy atom. The molecule has 0 amide bonds. The van der Waals surface area contributed by atoms with Gasteiger partial charge in [-0.05, 0) is 255 Å². The van der Waals surface area contributed by atoms with Crippen LogP contribution in [0.1, 0.15) is 116 Å². The molecule has 23 aromatic rings. The molecule has 0 saturated carbocycles. The molecule has 5 heterocycles. The van der Waals surface area contributed by atoms with E-state index in [2.05, 4.69) is 372 Å². The Morgan fingerprint density at radius 1 is 0.235 bits per heavy atom. The van der Waals surface area contributed by atoms with Crippen molar-refractivity contribution in [3.05, 3.63) is 516 Å². The summed E-state index contributed by atoms with van der Waals surface area (Å²) >= 11 is 0. The Labute approximate surface area is 812 Å². The van der Waals surface area contributed by atoms with Gasteiger partial charge in [-0.15, -0.1) is 0 Å². The van der Waals surface area contributed by atoms with E-state index >= 15 is 0 Å². The Hall–Kier alpha value is -16.5. The summed E-state index contributed by atoms with van der Waals surface area (Å²) in [6, 6.07) is 129. The van der Waals surface area contributed by atoms with Crippen molar-refractivity contribution in [1.29, 1.82) is 0 Å². The van der Waals surface area contributed by atoms with Crippen molar-refractivity contribution in [3.63, 3.8) is 0 Å². The number of anilines is 6. The van der Waals surface area contributed by atoms with Crippen LogP contribution in [0.4, 0.5) is 34.1 Å². The molecule has 0 saturated heterocycles. The quantitative estimate of drug-likeness (QED) is 0.114. The van der Waals surface area contributed by atoms with Gasteiger partial charge in [0.1, 0.15) is 0 Å². The lowest BCUT2D eigenvalue weighted by atomic mass is 9.33.